The molecule has 0 aliphatic carbocycles. The Hall–Kier alpha value is -2.35. The van der Waals surface area contributed by atoms with Crippen LogP contribution < -0.4 is 4.74 Å². The van der Waals surface area contributed by atoms with Crippen molar-refractivity contribution in [2.45, 2.75) is 39.5 Å². The van der Waals surface area contributed by atoms with E-state index in [-0.39, 0.29) is 5.82 Å². The van der Waals surface area contributed by atoms with Crippen molar-refractivity contribution in [1.82, 2.24) is 0 Å². The molecular weight excluding hydrogens is 311 g/mol. The van der Waals surface area contributed by atoms with Gasteiger partial charge >= 0.3 is 0 Å². The van der Waals surface area contributed by atoms with Crippen molar-refractivity contribution in [3.63, 3.8) is 0 Å². The maximum absolute atomic E-state index is 15.0. The smallest absolute Gasteiger partial charge is 0.138 e. The maximum Gasteiger partial charge on any atom is 0.138 e. The Bertz CT molecular complexity index is 837. The van der Waals surface area contributed by atoms with Crippen molar-refractivity contribution < 1.29 is 9.13 Å². The molecule has 3 aromatic carbocycles. The molecule has 0 N–H and O–H groups in total. The summed E-state index contributed by atoms with van der Waals surface area (Å²) in [5, 5.41) is 1.50. The minimum Gasteiger partial charge on any atom is -0.494 e. The fourth-order valence-electron chi connectivity index (χ4n) is 3.18. The Balaban J connectivity index is 1.88. The molecule has 0 aliphatic heterocycles. The molecule has 1 nitrogen and oxygen atoms in total. The summed E-state index contributed by atoms with van der Waals surface area (Å²) < 4.78 is 20.5. The topological polar surface area (TPSA) is 9.23 Å². The highest BCUT2D eigenvalue weighted by Crippen LogP contribution is 2.31. The summed E-state index contributed by atoms with van der Waals surface area (Å²) >= 11 is 0. The van der Waals surface area contributed by atoms with Crippen LogP contribution in [-0.2, 0) is 6.42 Å². The fourth-order valence-corrected chi connectivity index (χ4v) is 3.18. The molecule has 0 unspecified atom stereocenters. The molecule has 0 bridgehead atoms. The number of benzene rings is 3. The van der Waals surface area contributed by atoms with Gasteiger partial charge in [-0.2, -0.15) is 0 Å². The van der Waals surface area contributed by atoms with E-state index in [1.165, 1.54) is 24.8 Å². The van der Waals surface area contributed by atoms with Crippen LogP contribution in [0.25, 0.3) is 21.9 Å². The van der Waals surface area contributed by atoms with Gasteiger partial charge in [0.2, 0.25) is 0 Å². The third-order valence-electron chi connectivity index (χ3n) is 4.57. The van der Waals surface area contributed by atoms with Gasteiger partial charge in [-0.15, -0.1) is 0 Å². The lowest BCUT2D eigenvalue weighted by atomic mass is 9.98. The second kappa shape index (κ2) is 8.15. The first-order chi connectivity index (χ1) is 12.2. The molecule has 3 aromatic rings. The first-order valence-electron chi connectivity index (χ1n) is 9.17. The molecule has 0 aromatic heterocycles. The van der Waals surface area contributed by atoms with Crippen molar-refractivity contribution in [3.8, 4) is 16.9 Å². The van der Waals surface area contributed by atoms with E-state index in [2.05, 4.69) is 19.1 Å². The number of fused-ring (bicyclic) bond motifs is 1. The molecule has 0 radical (unpaired) electrons. The van der Waals surface area contributed by atoms with Crippen LogP contribution in [0.1, 0.15) is 38.7 Å². The van der Waals surface area contributed by atoms with Crippen LogP contribution in [0, 0.1) is 5.82 Å². The Morgan fingerprint density at radius 1 is 0.880 bits per heavy atom. The molecule has 0 amide bonds. The molecule has 0 saturated carbocycles. The molecule has 0 aliphatic rings. The average Bonchev–Trinajstić information content (AvgIpc) is 2.63. The highest BCUT2D eigenvalue weighted by molar-refractivity contribution is 5.89. The SMILES string of the molecule is CCCCCc1ccc(-c2ccc3cc(OCC)ccc3c2F)cc1. The minimum absolute atomic E-state index is 0.167. The quantitative estimate of drug-likeness (QED) is 0.432. The largest absolute Gasteiger partial charge is 0.494 e. The molecule has 0 saturated heterocycles. The van der Waals surface area contributed by atoms with Crippen molar-refractivity contribution in [3.05, 3.63) is 66.0 Å². The summed E-state index contributed by atoms with van der Waals surface area (Å²) in [6.45, 7) is 4.76. The van der Waals surface area contributed by atoms with Gasteiger partial charge in [-0.1, -0.05) is 56.2 Å². The van der Waals surface area contributed by atoms with E-state index < -0.39 is 0 Å². The van der Waals surface area contributed by atoms with Gasteiger partial charge in [0.15, 0.2) is 0 Å². The lowest BCUT2D eigenvalue weighted by Crippen LogP contribution is -1.92. The first kappa shape index (κ1) is 17.5. The molecular formula is C23H25FO. The highest BCUT2D eigenvalue weighted by atomic mass is 19.1. The lowest BCUT2D eigenvalue weighted by molar-refractivity contribution is 0.340. The minimum atomic E-state index is -0.167. The van der Waals surface area contributed by atoms with Crippen LogP contribution in [0.15, 0.2) is 54.6 Å². The monoisotopic (exact) mass is 336 g/mol. The van der Waals surface area contributed by atoms with Gasteiger partial charge in [0.1, 0.15) is 11.6 Å². The second-order valence-corrected chi connectivity index (χ2v) is 6.40. The number of hydrogen-bond donors (Lipinski definition) is 0. The Morgan fingerprint density at radius 3 is 2.40 bits per heavy atom. The zero-order valence-electron chi connectivity index (χ0n) is 15.0. The Morgan fingerprint density at radius 2 is 1.68 bits per heavy atom. The van der Waals surface area contributed by atoms with Gasteiger partial charge in [0, 0.05) is 10.9 Å². The normalized spacial score (nSPS) is 11.0. The van der Waals surface area contributed by atoms with Crippen LogP contribution in [0.4, 0.5) is 4.39 Å². The van der Waals surface area contributed by atoms with Crippen LogP contribution >= 0.6 is 0 Å². The van der Waals surface area contributed by atoms with E-state index >= 15 is 0 Å². The fraction of sp³-hybridized carbons (Fsp3) is 0.304. The van der Waals surface area contributed by atoms with E-state index in [4.69, 9.17) is 4.74 Å². The van der Waals surface area contributed by atoms with Crippen molar-refractivity contribution in [1.29, 1.82) is 0 Å². The summed E-state index contributed by atoms with van der Waals surface area (Å²) in [5.41, 5.74) is 2.89. The number of aryl methyl sites for hydroxylation is 1. The zero-order chi connectivity index (χ0) is 17.6. The first-order valence-corrected chi connectivity index (χ1v) is 9.17. The molecule has 0 atom stereocenters. The van der Waals surface area contributed by atoms with Crippen LogP contribution in [0.3, 0.4) is 0 Å². The molecule has 2 heteroatoms. The standard InChI is InChI=1S/C23H25FO/c1-3-5-6-7-17-8-10-18(11-9-17)21-14-12-19-16-20(25-4-2)13-15-22(19)23(21)24/h8-16H,3-7H2,1-2H3. The molecule has 0 fully saturated rings. The highest BCUT2D eigenvalue weighted by Gasteiger charge is 2.10. The summed E-state index contributed by atoms with van der Waals surface area (Å²) in [5.74, 6) is 0.609. The van der Waals surface area contributed by atoms with Gasteiger partial charge in [0.25, 0.3) is 0 Å². The molecule has 0 spiro atoms. The Kier molecular flexibility index (Phi) is 5.70. The van der Waals surface area contributed by atoms with Crippen LogP contribution in [0.2, 0.25) is 0 Å². The second-order valence-electron chi connectivity index (χ2n) is 6.40. The van der Waals surface area contributed by atoms with Gasteiger partial charge < -0.3 is 4.74 Å². The number of hydrogen-bond acceptors (Lipinski definition) is 1. The van der Waals surface area contributed by atoms with Gasteiger partial charge in [-0.3, -0.25) is 0 Å². The van der Waals surface area contributed by atoms with Crippen molar-refractivity contribution in [2.24, 2.45) is 0 Å². The average molecular weight is 336 g/mol. The summed E-state index contributed by atoms with van der Waals surface area (Å²) in [6.07, 6.45) is 4.78. The molecule has 130 valence electrons. The third kappa shape index (κ3) is 4.01. The lowest BCUT2D eigenvalue weighted by Gasteiger charge is -2.10. The Labute approximate surface area is 149 Å². The van der Waals surface area contributed by atoms with Gasteiger partial charge in [0.05, 0.1) is 6.61 Å². The van der Waals surface area contributed by atoms with E-state index in [1.807, 2.05) is 43.3 Å². The molecule has 25 heavy (non-hydrogen) atoms. The van der Waals surface area contributed by atoms with E-state index in [0.717, 1.165) is 23.1 Å². The van der Waals surface area contributed by atoms with E-state index in [9.17, 15) is 4.39 Å². The summed E-state index contributed by atoms with van der Waals surface area (Å²) in [7, 11) is 0. The van der Waals surface area contributed by atoms with Gasteiger partial charge in [-0.25, -0.2) is 4.39 Å². The predicted octanol–water partition coefficient (Wildman–Crippen LogP) is 6.78. The van der Waals surface area contributed by atoms with Gasteiger partial charge in [-0.05, 0) is 54.5 Å². The number of unbranched alkanes of at least 4 members (excludes halogenated alkanes) is 2. The third-order valence-corrected chi connectivity index (χ3v) is 4.57. The van der Waals surface area contributed by atoms with E-state index in [1.54, 1.807) is 6.07 Å². The number of ether oxygens (including phenoxy) is 1. The van der Waals surface area contributed by atoms with Crippen LogP contribution in [0.5, 0.6) is 5.75 Å². The van der Waals surface area contributed by atoms with Crippen LogP contribution in [-0.4, -0.2) is 6.61 Å². The summed E-state index contributed by atoms with van der Waals surface area (Å²) in [4.78, 5) is 0. The predicted molar refractivity (Wildman–Crippen MR) is 104 cm³/mol. The number of rotatable bonds is 7. The molecule has 0 heterocycles. The zero-order valence-corrected chi connectivity index (χ0v) is 15.0. The van der Waals surface area contributed by atoms with E-state index in [0.29, 0.717) is 17.6 Å². The van der Waals surface area contributed by atoms with Crippen molar-refractivity contribution >= 4 is 10.8 Å². The number of halogens is 1. The summed E-state index contributed by atoms with van der Waals surface area (Å²) in [6, 6.07) is 17.6. The molecule has 3 rings (SSSR count). The van der Waals surface area contributed by atoms with Crippen molar-refractivity contribution in [2.75, 3.05) is 6.61 Å². The maximum atomic E-state index is 15.0.